The Labute approximate surface area is 94.7 Å². The zero-order valence-corrected chi connectivity index (χ0v) is 9.25. The molecule has 0 radical (unpaired) electrons. The Morgan fingerprint density at radius 3 is 2.60 bits per heavy atom. The molecule has 2 aromatic heterocycles. The number of hydrogen-bond donors (Lipinski definition) is 0. The van der Waals surface area contributed by atoms with Crippen molar-refractivity contribution < 1.29 is 4.74 Å². The maximum Gasteiger partial charge on any atom is 0.233 e. The molecule has 5 nitrogen and oxygen atoms in total. The lowest BCUT2D eigenvalue weighted by atomic mass is 10.5. The van der Waals surface area contributed by atoms with E-state index in [9.17, 15) is 0 Å². The van der Waals surface area contributed by atoms with Crippen molar-refractivity contribution in [2.24, 2.45) is 0 Å². The summed E-state index contributed by atoms with van der Waals surface area (Å²) in [6.07, 6.45) is 3.33. The molecular weight excluding hydrogens is 260 g/mol. The number of halogens is 1. The first-order valence-corrected chi connectivity index (χ1v) is 5.02. The van der Waals surface area contributed by atoms with Gasteiger partial charge in [-0.3, -0.25) is 0 Å². The standard InChI is InChI=1S/C9H7BrN4O/c10-7-2-3-9(14-13-7)15-6-8-11-4-1-5-12-8/h1-5H,6H2. The third kappa shape index (κ3) is 2.95. The molecule has 0 aliphatic rings. The highest BCUT2D eigenvalue weighted by Crippen LogP contribution is 2.09. The maximum absolute atomic E-state index is 5.33. The summed E-state index contributed by atoms with van der Waals surface area (Å²) in [4.78, 5) is 8.04. The van der Waals surface area contributed by atoms with Crippen LogP contribution in [0.25, 0.3) is 0 Å². The van der Waals surface area contributed by atoms with Gasteiger partial charge in [-0.05, 0) is 28.1 Å². The van der Waals surface area contributed by atoms with Gasteiger partial charge in [-0.25, -0.2) is 9.97 Å². The summed E-state index contributed by atoms with van der Waals surface area (Å²) in [6, 6.07) is 5.23. The van der Waals surface area contributed by atoms with Crippen LogP contribution in [0.1, 0.15) is 5.82 Å². The molecule has 0 N–H and O–H groups in total. The highest BCUT2D eigenvalue weighted by molar-refractivity contribution is 9.10. The quantitative estimate of drug-likeness (QED) is 0.845. The molecule has 76 valence electrons. The summed E-state index contributed by atoms with van der Waals surface area (Å²) in [5.74, 6) is 1.06. The number of nitrogens with zero attached hydrogens (tertiary/aromatic N) is 4. The van der Waals surface area contributed by atoms with E-state index in [0.29, 0.717) is 16.3 Å². The maximum atomic E-state index is 5.33. The second-order valence-electron chi connectivity index (χ2n) is 2.65. The van der Waals surface area contributed by atoms with Crippen LogP contribution in [-0.4, -0.2) is 20.2 Å². The third-order valence-electron chi connectivity index (χ3n) is 1.58. The Morgan fingerprint density at radius 1 is 1.13 bits per heavy atom. The van der Waals surface area contributed by atoms with Gasteiger partial charge >= 0.3 is 0 Å². The van der Waals surface area contributed by atoms with Gasteiger partial charge in [0, 0.05) is 18.5 Å². The van der Waals surface area contributed by atoms with Crippen LogP contribution >= 0.6 is 15.9 Å². The van der Waals surface area contributed by atoms with Crippen molar-refractivity contribution in [2.45, 2.75) is 6.61 Å². The minimum absolute atomic E-state index is 0.289. The number of ether oxygens (including phenoxy) is 1. The second-order valence-corrected chi connectivity index (χ2v) is 3.46. The minimum Gasteiger partial charge on any atom is -0.468 e. The highest BCUT2D eigenvalue weighted by Gasteiger charge is 1.99. The fourth-order valence-electron chi connectivity index (χ4n) is 0.924. The summed E-state index contributed by atoms with van der Waals surface area (Å²) in [5.41, 5.74) is 0. The molecule has 2 heterocycles. The van der Waals surface area contributed by atoms with Gasteiger partial charge in [0.2, 0.25) is 5.88 Å². The molecule has 15 heavy (non-hydrogen) atoms. The molecule has 0 spiro atoms. The first-order valence-electron chi connectivity index (χ1n) is 4.22. The SMILES string of the molecule is Brc1ccc(OCc2ncccn2)nn1. The summed E-state index contributed by atoms with van der Waals surface area (Å²) in [6.45, 7) is 0.289. The van der Waals surface area contributed by atoms with Crippen LogP contribution in [0, 0.1) is 0 Å². The molecule has 2 rings (SSSR count). The molecule has 0 aliphatic carbocycles. The van der Waals surface area contributed by atoms with E-state index in [1.807, 2.05) is 0 Å². The molecule has 0 atom stereocenters. The Kier molecular flexibility index (Phi) is 3.18. The highest BCUT2D eigenvalue weighted by atomic mass is 79.9. The fourth-order valence-corrected chi connectivity index (χ4v) is 1.14. The molecule has 0 fully saturated rings. The van der Waals surface area contributed by atoms with Gasteiger partial charge in [0.15, 0.2) is 5.82 Å². The Hall–Kier alpha value is -1.56. The summed E-state index contributed by atoms with van der Waals surface area (Å²) < 4.78 is 6.00. The third-order valence-corrected chi connectivity index (χ3v) is 2.00. The molecule has 6 heteroatoms. The number of aromatic nitrogens is 4. The van der Waals surface area contributed by atoms with Crippen LogP contribution in [0.4, 0.5) is 0 Å². The summed E-state index contributed by atoms with van der Waals surface area (Å²) in [7, 11) is 0. The summed E-state index contributed by atoms with van der Waals surface area (Å²) >= 11 is 3.19. The minimum atomic E-state index is 0.289. The van der Waals surface area contributed by atoms with E-state index in [4.69, 9.17) is 4.74 Å². The Balaban J connectivity index is 1.96. The van der Waals surface area contributed by atoms with E-state index in [1.54, 1.807) is 30.6 Å². The van der Waals surface area contributed by atoms with Gasteiger partial charge in [-0.15, -0.1) is 10.2 Å². The molecular formula is C9H7BrN4O. The van der Waals surface area contributed by atoms with Gasteiger partial charge < -0.3 is 4.74 Å². The lowest BCUT2D eigenvalue weighted by molar-refractivity contribution is 0.280. The molecule has 0 unspecified atom stereocenters. The van der Waals surface area contributed by atoms with Crippen LogP contribution in [-0.2, 0) is 6.61 Å². The first-order chi connectivity index (χ1) is 7.34. The summed E-state index contributed by atoms with van der Waals surface area (Å²) in [5, 5.41) is 7.61. The van der Waals surface area contributed by atoms with Crippen LogP contribution in [0.3, 0.4) is 0 Å². The van der Waals surface area contributed by atoms with Gasteiger partial charge in [-0.1, -0.05) is 0 Å². The smallest absolute Gasteiger partial charge is 0.233 e. The van der Waals surface area contributed by atoms with E-state index < -0.39 is 0 Å². The molecule has 0 aromatic carbocycles. The number of hydrogen-bond acceptors (Lipinski definition) is 5. The van der Waals surface area contributed by atoms with Crippen molar-refractivity contribution in [2.75, 3.05) is 0 Å². The lowest BCUT2D eigenvalue weighted by Crippen LogP contribution is -2.02. The second kappa shape index (κ2) is 4.79. The van der Waals surface area contributed by atoms with E-state index in [-0.39, 0.29) is 6.61 Å². The topological polar surface area (TPSA) is 60.8 Å². The van der Waals surface area contributed by atoms with Crippen molar-refractivity contribution in [3.05, 3.63) is 41.0 Å². The normalized spacial score (nSPS) is 9.93. The average molecular weight is 267 g/mol. The van der Waals surface area contributed by atoms with Crippen LogP contribution in [0.5, 0.6) is 5.88 Å². The van der Waals surface area contributed by atoms with Crippen molar-refractivity contribution in [3.8, 4) is 5.88 Å². The van der Waals surface area contributed by atoms with Crippen molar-refractivity contribution in [1.29, 1.82) is 0 Å². The zero-order valence-electron chi connectivity index (χ0n) is 7.67. The molecule has 0 aliphatic heterocycles. The van der Waals surface area contributed by atoms with Crippen molar-refractivity contribution in [3.63, 3.8) is 0 Å². The number of rotatable bonds is 3. The van der Waals surface area contributed by atoms with Crippen molar-refractivity contribution in [1.82, 2.24) is 20.2 Å². The lowest BCUT2D eigenvalue weighted by Gasteiger charge is -2.02. The molecule has 0 amide bonds. The largest absolute Gasteiger partial charge is 0.468 e. The van der Waals surface area contributed by atoms with Crippen LogP contribution in [0.15, 0.2) is 35.2 Å². The molecule has 0 bridgehead atoms. The molecule has 0 saturated heterocycles. The predicted octanol–water partition coefficient (Wildman–Crippen LogP) is 1.61. The van der Waals surface area contributed by atoms with Crippen LogP contribution < -0.4 is 4.74 Å². The zero-order chi connectivity index (χ0) is 10.5. The Morgan fingerprint density at radius 2 is 1.93 bits per heavy atom. The molecule has 0 saturated carbocycles. The van der Waals surface area contributed by atoms with E-state index in [1.165, 1.54) is 0 Å². The predicted molar refractivity (Wildman–Crippen MR) is 56.1 cm³/mol. The van der Waals surface area contributed by atoms with Gasteiger partial charge in [0.05, 0.1) is 0 Å². The van der Waals surface area contributed by atoms with Gasteiger partial charge in [-0.2, -0.15) is 0 Å². The van der Waals surface area contributed by atoms with Gasteiger partial charge in [0.1, 0.15) is 11.2 Å². The van der Waals surface area contributed by atoms with Crippen LogP contribution in [0.2, 0.25) is 0 Å². The first kappa shape index (κ1) is 9.97. The Bertz CT molecular complexity index is 420. The average Bonchev–Trinajstić information content (AvgIpc) is 2.30. The van der Waals surface area contributed by atoms with E-state index >= 15 is 0 Å². The molecule has 2 aromatic rings. The fraction of sp³-hybridized carbons (Fsp3) is 0.111. The van der Waals surface area contributed by atoms with Gasteiger partial charge in [0.25, 0.3) is 0 Å². The van der Waals surface area contributed by atoms with Crippen molar-refractivity contribution >= 4 is 15.9 Å². The van der Waals surface area contributed by atoms with E-state index in [2.05, 4.69) is 36.1 Å². The van der Waals surface area contributed by atoms with E-state index in [0.717, 1.165) is 0 Å². The monoisotopic (exact) mass is 266 g/mol.